The lowest BCUT2D eigenvalue weighted by Gasteiger charge is -2.39. The topological polar surface area (TPSA) is 62.1 Å². The van der Waals surface area contributed by atoms with Crippen molar-refractivity contribution in [2.75, 3.05) is 0 Å². The van der Waals surface area contributed by atoms with Gasteiger partial charge < -0.3 is 9.84 Å². The number of ether oxygens (including phenoxy) is 1. The number of halogens is 5. The van der Waals surface area contributed by atoms with Gasteiger partial charge in [-0.1, -0.05) is 36.5 Å². The van der Waals surface area contributed by atoms with Crippen molar-refractivity contribution in [2.45, 2.75) is 51.1 Å². The Morgan fingerprint density at radius 3 is 2.68 bits per heavy atom. The van der Waals surface area contributed by atoms with Crippen LogP contribution in [0, 0.1) is 11.8 Å². The van der Waals surface area contributed by atoms with E-state index in [1.807, 2.05) is 0 Å². The molecular formula is C18H19Cl2F3N2O3. The van der Waals surface area contributed by atoms with Crippen molar-refractivity contribution in [2.24, 2.45) is 16.9 Å². The number of nitrogens with zero attached hydrogens (tertiary/aromatic N) is 2. The quantitative estimate of drug-likeness (QED) is 0.746. The SMILES string of the molecule is C[C@@H]1CCC[C@@H]2C1=NN(C(=O)[C@@H](C)Oc1ccc(Cl)cc1Cl)[C@@]2(O)C(F)(F)F. The molecule has 1 N–H and O–H groups in total. The van der Waals surface area contributed by atoms with Crippen molar-refractivity contribution < 1.29 is 27.8 Å². The summed E-state index contributed by atoms with van der Waals surface area (Å²) in [6, 6.07) is 4.26. The molecule has 1 aromatic rings. The van der Waals surface area contributed by atoms with Gasteiger partial charge in [0.05, 0.1) is 10.9 Å². The second-order valence-corrected chi connectivity index (χ2v) is 7.96. The summed E-state index contributed by atoms with van der Waals surface area (Å²) in [7, 11) is 0. The number of carbonyl (C=O) groups excluding carboxylic acids is 1. The maximum absolute atomic E-state index is 13.9. The van der Waals surface area contributed by atoms with E-state index in [1.165, 1.54) is 25.1 Å². The standard InChI is InChI=1S/C18H19Cl2F3N2O3/c1-9-4-3-5-12-15(9)24-25(17(12,27)18(21,22)23)16(26)10(2)28-14-7-6-11(19)8-13(14)20/h6-10,12,27H,3-5H2,1-2H3/t9-,10-,12-,17+/m1/s1. The second-order valence-electron chi connectivity index (χ2n) is 7.12. The van der Waals surface area contributed by atoms with Crippen molar-refractivity contribution in [3.05, 3.63) is 28.2 Å². The number of hydrogen-bond donors (Lipinski definition) is 1. The van der Waals surface area contributed by atoms with Gasteiger partial charge in [0, 0.05) is 10.7 Å². The molecule has 3 rings (SSSR count). The number of carbonyl (C=O) groups is 1. The van der Waals surface area contributed by atoms with E-state index in [2.05, 4.69) is 5.10 Å². The minimum absolute atomic E-state index is 0.0834. The van der Waals surface area contributed by atoms with E-state index in [4.69, 9.17) is 27.9 Å². The van der Waals surface area contributed by atoms with Crippen LogP contribution in [0.15, 0.2) is 23.3 Å². The van der Waals surface area contributed by atoms with Crippen LogP contribution in [0.4, 0.5) is 13.2 Å². The number of benzene rings is 1. The third-order valence-electron chi connectivity index (χ3n) is 5.19. The first-order valence-electron chi connectivity index (χ1n) is 8.80. The minimum atomic E-state index is -5.08. The summed E-state index contributed by atoms with van der Waals surface area (Å²) >= 11 is 11.8. The van der Waals surface area contributed by atoms with E-state index in [0.717, 1.165) is 0 Å². The molecule has 1 amide bonds. The Bertz CT molecular complexity index is 818. The molecule has 0 saturated heterocycles. The van der Waals surface area contributed by atoms with Gasteiger partial charge in [0.2, 0.25) is 0 Å². The molecule has 28 heavy (non-hydrogen) atoms. The lowest BCUT2D eigenvalue weighted by molar-refractivity contribution is -0.318. The summed E-state index contributed by atoms with van der Waals surface area (Å²) in [5.74, 6) is -2.57. The van der Waals surface area contributed by atoms with E-state index in [-0.39, 0.29) is 33.8 Å². The molecule has 1 saturated carbocycles. The van der Waals surface area contributed by atoms with Crippen LogP contribution in [0.5, 0.6) is 5.75 Å². The number of rotatable bonds is 3. The minimum Gasteiger partial charge on any atom is -0.479 e. The molecule has 1 aliphatic heterocycles. The van der Waals surface area contributed by atoms with Gasteiger partial charge in [0.25, 0.3) is 11.6 Å². The van der Waals surface area contributed by atoms with Crippen LogP contribution in [0.2, 0.25) is 10.0 Å². The Balaban J connectivity index is 1.91. The van der Waals surface area contributed by atoms with Crippen LogP contribution in [0.3, 0.4) is 0 Å². The molecule has 4 atom stereocenters. The highest BCUT2D eigenvalue weighted by Gasteiger charge is 2.69. The van der Waals surface area contributed by atoms with Crippen molar-refractivity contribution in [1.29, 1.82) is 0 Å². The maximum atomic E-state index is 13.9. The smallest absolute Gasteiger partial charge is 0.439 e. The number of aliphatic hydroxyl groups is 1. The predicted octanol–water partition coefficient (Wildman–Crippen LogP) is 4.65. The van der Waals surface area contributed by atoms with E-state index >= 15 is 0 Å². The molecule has 10 heteroatoms. The summed E-state index contributed by atoms with van der Waals surface area (Å²) in [4.78, 5) is 12.8. The molecule has 0 bridgehead atoms. The molecule has 2 aliphatic rings. The molecule has 0 aromatic heterocycles. The fourth-order valence-corrected chi connectivity index (χ4v) is 4.15. The van der Waals surface area contributed by atoms with E-state index in [9.17, 15) is 23.1 Å². The fourth-order valence-electron chi connectivity index (χ4n) is 3.70. The Hall–Kier alpha value is -1.51. The average molecular weight is 439 g/mol. The Kier molecular flexibility index (Phi) is 5.59. The summed E-state index contributed by atoms with van der Waals surface area (Å²) < 4.78 is 47.0. The summed E-state index contributed by atoms with van der Waals surface area (Å²) in [5.41, 5.74) is -3.20. The monoisotopic (exact) mass is 438 g/mol. The second kappa shape index (κ2) is 7.39. The zero-order valence-electron chi connectivity index (χ0n) is 15.1. The van der Waals surface area contributed by atoms with E-state index < -0.39 is 29.8 Å². The lowest BCUT2D eigenvalue weighted by atomic mass is 9.75. The molecule has 1 heterocycles. The van der Waals surface area contributed by atoms with Gasteiger partial charge in [-0.3, -0.25) is 4.79 Å². The van der Waals surface area contributed by atoms with Crippen molar-refractivity contribution in [3.8, 4) is 5.75 Å². The van der Waals surface area contributed by atoms with Gasteiger partial charge >= 0.3 is 6.18 Å². The Morgan fingerprint density at radius 2 is 2.07 bits per heavy atom. The van der Waals surface area contributed by atoms with Gasteiger partial charge in [-0.2, -0.15) is 23.3 Å². The zero-order chi connectivity index (χ0) is 20.9. The number of alkyl halides is 3. The number of hydrogen-bond acceptors (Lipinski definition) is 4. The van der Waals surface area contributed by atoms with Crippen molar-refractivity contribution in [1.82, 2.24) is 5.01 Å². The van der Waals surface area contributed by atoms with Crippen LogP contribution < -0.4 is 4.74 Å². The average Bonchev–Trinajstić information content (AvgIpc) is 2.92. The molecule has 1 aromatic carbocycles. The lowest BCUT2D eigenvalue weighted by Crippen LogP contribution is -2.63. The summed E-state index contributed by atoms with van der Waals surface area (Å²) in [6.07, 6.45) is -5.18. The number of hydrazone groups is 1. The molecule has 154 valence electrons. The molecular weight excluding hydrogens is 420 g/mol. The predicted molar refractivity (Wildman–Crippen MR) is 98.3 cm³/mol. The highest BCUT2D eigenvalue weighted by molar-refractivity contribution is 6.35. The molecule has 0 radical (unpaired) electrons. The highest BCUT2D eigenvalue weighted by atomic mass is 35.5. The van der Waals surface area contributed by atoms with E-state index in [1.54, 1.807) is 6.92 Å². The van der Waals surface area contributed by atoms with Crippen molar-refractivity contribution >= 4 is 34.8 Å². The van der Waals surface area contributed by atoms with Crippen LogP contribution in [-0.2, 0) is 4.79 Å². The maximum Gasteiger partial charge on any atom is 0.439 e. The number of fused-ring (bicyclic) bond motifs is 1. The van der Waals surface area contributed by atoms with Gasteiger partial charge in [0.15, 0.2) is 6.10 Å². The Morgan fingerprint density at radius 1 is 1.39 bits per heavy atom. The van der Waals surface area contributed by atoms with Gasteiger partial charge in [-0.05, 0) is 43.9 Å². The van der Waals surface area contributed by atoms with Crippen LogP contribution >= 0.6 is 23.2 Å². The normalized spacial score (nSPS) is 28.6. The highest BCUT2D eigenvalue weighted by Crippen LogP contribution is 2.49. The van der Waals surface area contributed by atoms with Crippen LogP contribution in [-0.4, -0.2) is 39.7 Å². The third kappa shape index (κ3) is 3.46. The summed E-state index contributed by atoms with van der Waals surface area (Å²) in [6.45, 7) is 3.01. The number of amides is 1. The first-order chi connectivity index (χ1) is 13.0. The molecule has 5 nitrogen and oxygen atoms in total. The van der Waals surface area contributed by atoms with Crippen LogP contribution in [0.25, 0.3) is 0 Å². The van der Waals surface area contributed by atoms with E-state index in [0.29, 0.717) is 17.9 Å². The van der Waals surface area contributed by atoms with Gasteiger partial charge in [-0.25, -0.2) is 0 Å². The zero-order valence-corrected chi connectivity index (χ0v) is 16.6. The Labute approximate surface area is 170 Å². The van der Waals surface area contributed by atoms with Crippen LogP contribution in [0.1, 0.15) is 33.1 Å². The fraction of sp³-hybridized carbons (Fsp3) is 0.556. The first-order valence-corrected chi connectivity index (χ1v) is 9.55. The largest absolute Gasteiger partial charge is 0.479 e. The van der Waals surface area contributed by atoms with Crippen molar-refractivity contribution in [3.63, 3.8) is 0 Å². The molecule has 1 fully saturated rings. The summed E-state index contributed by atoms with van der Waals surface area (Å²) in [5, 5.41) is 15.1. The molecule has 0 spiro atoms. The van der Waals surface area contributed by atoms with Gasteiger partial charge in [-0.15, -0.1) is 0 Å². The molecule has 0 unspecified atom stereocenters. The molecule has 1 aliphatic carbocycles. The third-order valence-corrected chi connectivity index (χ3v) is 5.72. The first kappa shape index (κ1) is 21.2. The van der Waals surface area contributed by atoms with Gasteiger partial charge in [0.1, 0.15) is 5.75 Å².